The third-order valence-corrected chi connectivity index (χ3v) is 3.64. The van der Waals surface area contributed by atoms with Crippen molar-refractivity contribution < 1.29 is 19.1 Å². The fourth-order valence-electron chi connectivity index (χ4n) is 2.26. The molecule has 1 N–H and O–H groups in total. The third-order valence-electron chi connectivity index (χ3n) is 3.64. The molecule has 0 fully saturated rings. The molecule has 0 aliphatic rings. The summed E-state index contributed by atoms with van der Waals surface area (Å²) in [6.07, 6.45) is 4.06. The van der Waals surface area contributed by atoms with Gasteiger partial charge in [-0.15, -0.1) is 0 Å². The highest BCUT2D eigenvalue weighted by atomic mass is 16.5. The number of rotatable bonds is 8. The molecule has 0 radical (unpaired) electrons. The van der Waals surface area contributed by atoms with Gasteiger partial charge >= 0.3 is 0 Å². The normalized spacial score (nSPS) is 10.6. The lowest BCUT2D eigenvalue weighted by Gasteiger charge is -2.10. The Bertz CT molecular complexity index is 794. The fraction of sp³-hybridized carbons (Fsp3) is 0.238. The Morgan fingerprint density at radius 3 is 2.42 bits per heavy atom. The van der Waals surface area contributed by atoms with Gasteiger partial charge in [-0.05, 0) is 61.4 Å². The molecule has 5 nitrogen and oxygen atoms in total. The number of anilines is 1. The zero-order valence-electron chi connectivity index (χ0n) is 15.2. The molecule has 2 rings (SSSR count). The van der Waals surface area contributed by atoms with Gasteiger partial charge in [0, 0.05) is 17.3 Å². The van der Waals surface area contributed by atoms with Gasteiger partial charge in [0.05, 0.1) is 13.7 Å². The number of ether oxygens (including phenoxy) is 2. The van der Waals surface area contributed by atoms with Crippen molar-refractivity contribution in [3.8, 4) is 11.5 Å². The number of nitrogens with one attached hydrogen (secondary N) is 1. The van der Waals surface area contributed by atoms with Gasteiger partial charge in [-0.25, -0.2) is 0 Å². The lowest BCUT2D eigenvalue weighted by atomic mass is 10.1. The van der Waals surface area contributed by atoms with E-state index in [-0.39, 0.29) is 11.7 Å². The van der Waals surface area contributed by atoms with Crippen LogP contribution >= 0.6 is 0 Å². The summed E-state index contributed by atoms with van der Waals surface area (Å²) in [4.78, 5) is 23.3. The fourth-order valence-corrected chi connectivity index (χ4v) is 2.26. The van der Waals surface area contributed by atoms with E-state index in [1.54, 1.807) is 37.5 Å². The second-order valence-electron chi connectivity index (χ2n) is 5.71. The van der Waals surface area contributed by atoms with Crippen LogP contribution < -0.4 is 14.8 Å². The molecule has 5 heteroatoms. The van der Waals surface area contributed by atoms with Crippen LogP contribution in [0.1, 0.15) is 36.2 Å². The minimum Gasteiger partial charge on any atom is -0.493 e. The predicted octanol–water partition coefficient (Wildman–Crippen LogP) is 4.34. The first-order valence-electron chi connectivity index (χ1n) is 8.44. The van der Waals surface area contributed by atoms with Crippen molar-refractivity contribution in [2.75, 3.05) is 19.0 Å². The number of ketones is 1. The average Bonchev–Trinajstić information content (AvgIpc) is 2.65. The molecule has 0 aliphatic heterocycles. The predicted molar refractivity (Wildman–Crippen MR) is 103 cm³/mol. The third kappa shape index (κ3) is 5.48. The number of Topliss-reactive ketones (excluding diaryl/α,β-unsaturated/α-hetero) is 1. The zero-order valence-corrected chi connectivity index (χ0v) is 15.2. The lowest BCUT2D eigenvalue weighted by Crippen LogP contribution is -2.07. The molecule has 0 saturated heterocycles. The standard InChI is InChI=1S/C21H23NO4/c1-4-13-26-19-11-5-16(14-20(19)25-3)6-12-21(24)22-18-9-7-17(8-10-18)15(2)23/h5-12,14H,4,13H2,1-3H3,(H,22,24). The number of carbonyl (C=O) groups is 2. The van der Waals surface area contributed by atoms with Crippen molar-refractivity contribution >= 4 is 23.5 Å². The van der Waals surface area contributed by atoms with Crippen molar-refractivity contribution in [3.05, 3.63) is 59.7 Å². The van der Waals surface area contributed by atoms with Gasteiger partial charge in [-0.3, -0.25) is 9.59 Å². The molecule has 0 aromatic heterocycles. The maximum atomic E-state index is 12.0. The Morgan fingerprint density at radius 1 is 1.08 bits per heavy atom. The highest BCUT2D eigenvalue weighted by Gasteiger charge is 2.05. The van der Waals surface area contributed by atoms with Crippen molar-refractivity contribution in [2.45, 2.75) is 20.3 Å². The van der Waals surface area contributed by atoms with Gasteiger partial charge in [0.15, 0.2) is 17.3 Å². The number of hydrogen-bond donors (Lipinski definition) is 1. The van der Waals surface area contributed by atoms with Crippen molar-refractivity contribution in [1.29, 1.82) is 0 Å². The molecule has 136 valence electrons. The first-order chi connectivity index (χ1) is 12.5. The van der Waals surface area contributed by atoms with Crippen LogP contribution in [-0.2, 0) is 4.79 Å². The Kier molecular flexibility index (Phi) is 6.97. The first kappa shape index (κ1) is 19.2. The maximum Gasteiger partial charge on any atom is 0.248 e. The Morgan fingerprint density at radius 2 is 1.81 bits per heavy atom. The maximum absolute atomic E-state index is 12.0. The molecule has 0 heterocycles. The van der Waals surface area contributed by atoms with E-state index in [4.69, 9.17) is 9.47 Å². The number of methoxy groups -OCH3 is 1. The van der Waals surface area contributed by atoms with E-state index in [0.29, 0.717) is 29.4 Å². The average molecular weight is 353 g/mol. The molecule has 26 heavy (non-hydrogen) atoms. The first-order valence-corrected chi connectivity index (χ1v) is 8.44. The molecule has 0 bridgehead atoms. The van der Waals surface area contributed by atoms with Gasteiger partial charge in [-0.1, -0.05) is 13.0 Å². The molecule has 0 unspecified atom stereocenters. The summed E-state index contributed by atoms with van der Waals surface area (Å²) in [5.41, 5.74) is 2.06. The van der Waals surface area contributed by atoms with Crippen LogP contribution in [0.2, 0.25) is 0 Å². The largest absolute Gasteiger partial charge is 0.493 e. The molecular weight excluding hydrogens is 330 g/mol. The monoisotopic (exact) mass is 353 g/mol. The van der Waals surface area contributed by atoms with Gasteiger partial charge in [0.2, 0.25) is 5.91 Å². The van der Waals surface area contributed by atoms with Crippen LogP contribution in [0.15, 0.2) is 48.5 Å². The summed E-state index contributed by atoms with van der Waals surface area (Å²) in [6, 6.07) is 12.3. The molecule has 0 atom stereocenters. The summed E-state index contributed by atoms with van der Waals surface area (Å²) in [6.45, 7) is 4.16. The summed E-state index contributed by atoms with van der Waals surface area (Å²) in [5, 5.41) is 2.75. The summed E-state index contributed by atoms with van der Waals surface area (Å²) in [5.74, 6) is 1.04. The summed E-state index contributed by atoms with van der Waals surface area (Å²) < 4.78 is 10.9. The summed E-state index contributed by atoms with van der Waals surface area (Å²) in [7, 11) is 1.58. The quantitative estimate of drug-likeness (QED) is 0.566. The van der Waals surface area contributed by atoms with Gasteiger partial charge in [-0.2, -0.15) is 0 Å². The second-order valence-corrected chi connectivity index (χ2v) is 5.71. The molecule has 0 spiro atoms. The van der Waals surface area contributed by atoms with E-state index in [9.17, 15) is 9.59 Å². The number of amides is 1. The van der Waals surface area contributed by atoms with Crippen LogP contribution in [0.4, 0.5) is 5.69 Å². The van der Waals surface area contributed by atoms with Crippen LogP contribution in [0.5, 0.6) is 11.5 Å². The second kappa shape index (κ2) is 9.42. The Labute approximate surface area is 153 Å². The molecule has 1 amide bonds. The number of carbonyl (C=O) groups excluding carboxylic acids is 2. The molecule has 0 saturated carbocycles. The van der Waals surface area contributed by atoms with Gasteiger partial charge < -0.3 is 14.8 Å². The van der Waals surface area contributed by atoms with E-state index in [2.05, 4.69) is 5.32 Å². The van der Waals surface area contributed by atoms with Crippen molar-refractivity contribution in [3.63, 3.8) is 0 Å². The molecular formula is C21H23NO4. The SMILES string of the molecule is CCCOc1ccc(C=CC(=O)Nc2ccc(C(C)=O)cc2)cc1OC. The van der Waals surface area contributed by atoms with Crippen molar-refractivity contribution in [1.82, 2.24) is 0 Å². The number of hydrogen-bond acceptors (Lipinski definition) is 4. The molecule has 0 aliphatic carbocycles. The molecule has 2 aromatic carbocycles. The summed E-state index contributed by atoms with van der Waals surface area (Å²) >= 11 is 0. The Hall–Kier alpha value is -3.08. The van der Waals surface area contributed by atoms with Gasteiger partial charge in [0.1, 0.15) is 0 Å². The van der Waals surface area contributed by atoms with Crippen LogP contribution in [0.25, 0.3) is 6.08 Å². The minimum atomic E-state index is -0.258. The van der Waals surface area contributed by atoms with E-state index in [1.165, 1.54) is 13.0 Å². The van der Waals surface area contributed by atoms with Crippen LogP contribution in [0, 0.1) is 0 Å². The van der Waals surface area contributed by atoms with Crippen molar-refractivity contribution in [2.24, 2.45) is 0 Å². The smallest absolute Gasteiger partial charge is 0.248 e. The van der Waals surface area contributed by atoms with Crippen LogP contribution in [-0.4, -0.2) is 25.4 Å². The van der Waals surface area contributed by atoms with Gasteiger partial charge in [0.25, 0.3) is 0 Å². The van der Waals surface area contributed by atoms with Crippen LogP contribution in [0.3, 0.4) is 0 Å². The minimum absolute atomic E-state index is 0.0110. The molecule has 2 aromatic rings. The highest BCUT2D eigenvalue weighted by Crippen LogP contribution is 2.28. The van der Waals surface area contributed by atoms with E-state index < -0.39 is 0 Å². The van der Waals surface area contributed by atoms with E-state index in [1.807, 2.05) is 25.1 Å². The lowest BCUT2D eigenvalue weighted by molar-refractivity contribution is -0.111. The van der Waals surface area contributed by atoms with E-state index in [0.717, 1.165) is 12.0 Å². The zero-order chi connectivity index (χ0) is 18.9. The topological polar surface area (TPSA) is 64.6 Å². The number of benzene rings is 2. The van der Waals surface area contributed by atoms with E-state index >= 15 is 0 Å². The highest BCUT2D eigenvalue weighted by molar-refractivity contribution is 6.02. The Balaban J connectivity index is 2.01.